The van der Waals surface area contributed by atoms with Crippen molar-refractivity contribution < 1.29 is 24.9 Å². The zero-order valence-electron chi connectivity index (χ0n) is 20.1. The lowest BCUT2D eigenvalue weighted by atomic mass is 9.43. The van der Waals surface area contributed by atoms with Crippen LogP contribution in [-0.4, -0.2) is 45.9 Å². The summed E-state index contributed by atoms with van der Waals surface area (Å²) < 4.78 is 0. The quantitative estimate of drug-likeness (QED) is 0.496. The van der Waals surface area contributed by atoms with Crippen molar-refractivity contribution in [3.05, 3.63) is 0 Å². The number of carboxylic acid groups (broad SMARTS) is 1. The Bertz CT molecular complexity index is 727. The molecule has 4 rings (SSSR count). The van der Waals surface area contributed by atoms with Gasteiger partial charge in [-0.3, -0.25) is 9.59 Å². The molecule has 4 aliphatic carbocycles. The minimum absolute atomic E-state index is 0.102. The van der Waals surface area contributed by atoms with Crippen LogP contribution in [0.25, 0.3) is 0 Å². The Morgan fingerprint density at radius 3 is 2.50 bits per heavy atom. The Morgan fingerprint density at radius 1 is 1.03 bits per heavy atom. The number of hydrogen-bond acceptors (Lipinski definition) is 4. The highest BCUT2D eigenvalue weighted by molar-refractivity contribution is 5.81. The number of nitrogens with one attached hydrogen (secondary N) is 1. The van der Waals surface area contributed by atoms with Crippen molar-refractivity contribution >= 4 is 11.9 Å². The Hall–Kier alpha value is -1.14. The number of carbonyl (C=O) groups excluding carboxylic acids is 1. The van der Waals surface area contributed by atoms with Gasteiger partial charge in [-0.2, -0.15) is 0 Å². The minimum Gasteiger partial charge on any atom is -0.480 e. The number of carbonyl (C=O) groups is 2. The first-order valence-corrected chi connectivity index (χ1v) is 12.9. The van der Waals surface area contributed by atoms with Gasteiger partial charge in [-0.05, 0) is 104 Å². The maximum atomic E-state index is 12.0. The molecule has 10 atom stereocenters. The fourth-order valence-corrected chi connectivity index (χ4v) is 8.98. The maximum Gasteiger partial charge on any atom is 0.322 e. The number of aliphatic hydroxyl groups is 2. The van der Waals surface area contributed by atoms with Crippen LogP contribution in [0.2, 0.25) is 0 Å². The molecule has 0 aromatic heterocycles. The SMILES string of the molecule is C[C@H](CCC(=O)NCC(=O)O)[C@H]1CC[C@H]2[C@@H]3CC[C@@H]4C[C@H](O)CC[C@]4(C)[C@H]3C[C@@H](O)[C@]12C. The molecular weight excluding hydrogens is 406 g/mol. The number of aliphatic carboxylic acids is 1. The largest absolute Gasteiger partial charge is 0.480 e. The summed E-state index contributed by atoms with van der Waals surface area (Å²) in [5.74, 6) is 1.84. The van der Waals surface area contributed by atoms with Gasteiger partial charge in [0.1, 0.15) is 6.54 Å². The van der Waals surface area contributed by atoms with Gasteiger partial charge in [0, 0.05) is 6.42 Å². The minimum atomic E-state index is -1.02. The van der Waals surface area contributed by atoms with E-state index in [4.69, 9.17) is 5.11 Å². The van der Waals surface area contributed by atoms with Crippen LogP contribution in [0, 0.1) is 46.3 Å². The Labute approximate surface area is 192 Å². The van der Waals surface area contributed by atoms with E-state index in [0.29, 0.717) is 41.9 Å². The highest BCUT2D eigenvalue weighted by Crippen LogP contribution is 2.68. The van der Waals surface area contributed by atoms with E-state index in [1.807, 2.05) is 0 Å². The zero-order valence-corrected chi connectivity index (χ0v) is 20.1. The number of rotatable bonds is 6. The monoisotopic (exact) mass is 449 g/mol. The van der Waals surface area contributed by atoms with Crippen LogP contribution in [0.1, 0.15) is 85.0 Å². The molecular formula is C26H43NO5. The maximum absolute atomic E-state index is 12.0. The van der Waals surface area contributed by atoms with Crippen LogP contribution < -0.4 is 5.32 Å². The van der Waals surface area contributed by atoms with E-state index in [1.54, 1.807) is 0 Å². The molecule has 0 unspecified atom stereocenters. The lowest BCUT2D eigenvalue weighted by Crippen LogP contribution is -2.58. The zero-order chi connectivity index (χ0) is 23.3. The van der Waals surface area contributed by atoms with Crippen LogP contribution in [0.3, 0.4) is 0 Å². The number of amides is 1. The van der Waals surface area contributed by atoms with Crippen molar-refractivity contribution in [2.45, 2.75) is 97.2 Å². The smallest absolute Gasteiger partial charge is 0.322 e. The van der Waals surface area contributed by atoms with Crippen LogP contribution in [-0.2, 0) is 9.59 Å². The first-order valence-electron chi connectivity index (χ1n) is 12.9. The number of fused-ring (bicyclic) bond motifs is 5. The number of hydrogen-bond donors (Lipinski definition) is 4. The van der Waals surface area contributed by atoms with E-state index in [2.05, 4.69) is 26.1 Å². The van der Waals surface area contributed by atoms with Crippen LogP contribution >= 0.6 is 0 Å². The molecule has 0 bridgehead atoms. The molecule has 0 heterocycles. The standard InChI is InChI=1S/C26H43NO5/c1-15(4-9-23(30)27-14-24(31)32)19-7-8-20-18-6-5-16-12-17(28)10-11-25(16,2)21(18)13-22(29)26(19,20)3/h15-22,28-29H,4-14H2,1-3H3,(H,27,30)(H,31,32)/t15-,16-,17-,18+,19-,20+,21+,22-,25+,26-/m1/s1. The second-order valence-corrected chi connectivity index (χ2v) is 12.1. The fourth-order valence-electron chi connectivity index (χ4n) is 8.98. The Balaban J connectivity index is 1.45. The summed E-state index contributed by atoms with van der Waals surface area (Å²) in [5.41, 5.74) is 0.145. The Kier molecular flexibility index (Phi) is 6.68. The van der Waals surface area contributed by atoms with Crippen molar-refractivity contribution in [3.63, 3.8) is 0 Å². The van der Waals surface area contributed by atoms with Crippen molar-refractivity contribution in [2.75, 3.05) is 6.54 Å². The molecule has 1 amide bonds. The highest BCUT2D eigenvalue weighted by Gasteiger charge is 2.63. The van der Waals surface area contributed by atoms with Gasteiger partial charge in [-0.25, -0.2) is 0 Å². The van der Waals surface area contributed by atoms with Gasteiger partial charge in [0.25, 0.3) is 0 Å². The lowest BCUT2D eigenvalue weighted by Gasteiger charge is -2.62. The highest BCUT2D eigenvalue weighted by atomic mass is 16.4. The van der Waals surface area contributed by atoms with Gasteiger partial charge < -0.3 is 20.6 Å². The van der Waals surface area contributed by atoms with Crippen molar-refractivity contribution in [1.29, 1.82) is 0 Å². The van der Waals surface area contributed by atoms with E-state index in [0.717, 1.165) is 44.9 Å². The molecule has 4 aliphatic rings. The van der Waals surface area contributed by atoms with Gasteiger partial charge in [-0.15, -0.1) is 0 Å². The molecule has 0 radical (unpaired) electrons. The molecule has 0 aromatic rings. The third-order valence-corrected chi connectivity index (χ3v) is 10.8. The average molecular weight is 450 g/mol. The summed E-state index contributed by atoms with van der Waals surface area (Å²) in [7, 11) is 0. The van der Waals surface area contributed by atoms with Gasteiger partial charge in [0.05, 0.1) is 12.2 Å². The van der Waals surface area contributed by atoms with Crippen molar-refractivity contribution in [3.8, 4) is 0 Å². The van der Waals surface area contributed by atoms with E-state index < -0.39 is 5.97 Å². The second kappa shape index (κ2) is 8.90. The number of aliphatic hydroxyl groups excluding tert-OH is 2. The molecule has 6 heteroatoms. The molecule has 4 N–H and O–H groups in total. The molecule has 0 aliphatic heterocycles. The first-order chi connectivity index (χ1) is 15.1. The summed E-state index contributed by atoms with van der Waals surface area (Å²) in [4.78, 5) is 22.7. The van der Waals surface area contributed by atoms with E-state index >= 15 is 0 Å². The van der Waals surface area contributed by atoms with E-state index in [1.165, 1.54) is 12.8 Å². The predicted octanol–water partition coefficient (Wildman–Crippen LogP) is 3.59. The summed E-state index contributed by atoms with van der Waals surface area (Å²) in [6, 6.07) is 0. The van der Waals surface area contributed by atoms with Crippen LogP contribution in [0.4, 0.5) is 0 Å². The van der Waals surface area contributed by atoms with Gasteiger partial charge >= 0.3 is 5.97 Å². The lowest BCUT2D eigenvalue weighted by molar-refractivity contribution is -0.175. The topological polar surface area (TPSA) is 107 Å². The number of carboxylic acids is 1. The summed E-state index contributed by atoms with van der Waals surface area (Å²) in [6.45, 7) is 6.65. The predicted molar refractivity (Wildman–Crippen MR) is 122 cm³/mol. The van der Waals surface area contributed by atoms with Gasteiger partial charge in [0.15, 0.2) is 0 Å². The van der Waals surface area contributed by atoms with Crippen molar-refractivity contribution in [2.24, 2.45) is 46.3 Å². The third-order valence-electron chi connectivity index (χ3n) is 10.8. The summed E-state index contributed by atoms with van der Waals surface area (Å²) in [5, 5.41) is 33.0. The molecule has 4 saturated carbocycles. The normalized spacial score (nSPS) is 46.5. The molecule has 4 fully saturated rings. The summed E-state index contributed by atoms with van der Waals surface area (Å²) >= 11 is 0. The molecule has 6 nitrogen and oxygen atoms in total. The third kappa shape index (κ3) is 4.00. The van der Waals surface area contributed by atoms with Crippen LogP contribution in [0.15, 0.2) is 0 Å². The van der Waals surface area contributed by atoms with Gasteiger partial charge in [0.2, 0.25) is 5.91 Å². The van der Waals surface area contributed by atoms with Crippen molar-refractivity contribution in [1.82, 2.24) is 5.32 Å². The molecule has 182 valence electrons. The first kappa shape index (κ1) is 24.0. The molecule has 0 saturated heterocycles. The molecule has 0 aromatic carbocycles. The van der Waals surface area contributed by atoms with Crippen LogP contribution in [0.5, 0.6) is 0 Å². The fraction of sp³-hybridized carbons (Fsp3) is 0.923. The van der Waals surface area contributed by atoms with E-state index in [-0.39, 0.29) is 35.5 Å². The van der Waals surface area contributed by atoms with E-state index in [9.17, 15) is 19.8 Å². The molecule has 32 heavy (non-hydrogen) atoms. The molecule has 0 spiro atoms. The Morgan fingerprint density at radius 2 is 1.78 bits per heavy atom. The average Bonchev–Trinajstić information content (AvgIpc) is 3.10. The summed E-state index contributed by atoms with van der Waals surface area (Å²) in [6.07, 6.45) is 9.12. The van der Waals surface area contributed by atoms with Gasteiger partial charge in [-0.1, -0.05) is 20.8 Å². The second-order valence-electron chi connectivity index (χ2n) is 12.1.